The molecular weight excluding hydrogens is 430 g/mol. The molecule has 0 bridgehead atoms. The molecule has 0 aromatic heterocycles. The quantitative estimate of drug-likeness (QED) is 0.186. The number of likely N-dealkylation sites (N-methyl/N-ethyl adjacent to an activating group) is 1. The van der Waals surface area contributed by atoms with Crippen LogP contribution in [0.3, 0.4) is 0 Å². The van der Waals surface area contributed by atoms with Gasteiger partial charge in [-0.05, 0) is 25.0 Å². The summed E-state index contributed by atoms with van der Waals surface area (Å²) in [6, 6.07) is 5.64. The van der Waals surface area contributed by atoms with Crippen molar-refractivity contribution >= 4 is 5.97 Å². The topological polar surface area (TPSA) is 101 Å². The molecule has 34 heavy (non-hydrogen) atoms. The maximum atomic E-state index is 10.2. The number of aromatic carboxylic acids is 1. The van der Waals surface area contributed by atoms with Crippen molar-refractivity contribution < 1.29 is 29.7 Å². The van der Waals surface area contributed by atoms with Crippen LogP contribution in [0.1, 0.15) is 107 Å². The molecule has 198 valence electrons. The van der Waals surface area contributed by atoms with Gasteiger partial charge in [-0.3, -0.25) is 0 Å². The highest BCUT2D eigenvalue weighted by Crippen LogP contribution is 2.14. The van der Waals surface area contributed by atoms with Crippen LogP contribution < -0.4 is 5.11 Å². The van der Waals surface area contributed by atoms with Gasteiger partial charge in [-0.25, -0.2) is 0 Å². The number of hydrogen-bond donors (Lipinski definition) is 3. The number of aliphatic hydroxyl groups excluding tert-OH is 2. The number of nitrogens with zero attached hydrogens (tertiary/aromatic N) is 1. The van der Waals surface area contributed by atoms with Crippen LogP contribution in [0, 0.1) is 0 Å². The van der Waals surface area contributed by atoms with Crippen molar-refractivity contribution in [1.82, 2.24) is 0 Å². The number of hydrogen-bond acceptors (Lipinski definition) is 5. The molecule has 0 radical (unpaired) electrons. The molecule has 0 unspecified atom stereocenters. The first kappa shape index (κ1) is 32.4. The molecule has 3 N–H and O–H groups in total. The normalized spacial score (nSPS) is 11.2. The summed E-state index contributed by atoms with van der Waals surface area (Å²) in [7, 11) is 2.15. The lowest BCUT2D eigenvalue weighted by atomic mass is 10.0. The van der Waals surface area contributed by atoms with E-state index in [9.17, 15) is 9.90 Å². The van der Waals surface area contributed by atoms with Gasteiger partial charge in [0.05, 0.1) is 32.8 Å². The Morgan fingerprint density at radius 1 is 0.735 bits per heavy atom. The Kier molecular flexibility index (Phi) is 20.8. The van der Waals surface area contributed by atoms with Gasteiger partial charge in [-0.2, -0.15) is 0 Å². The Hall–Kier alpha value is -1.63. The predicted molar refractivity (Wildman–Crippen MR) is 138 cm³/mol. The Labute approximate surface area is 208 Å². The van der Waals surface area contributed by atoms with Gasteiger partial charge in [0.15, 0.2) is 0 Å². The average Bonchev–Trinajstić information content (AvgIpc) is 2.80. The summed E-state index contributed by atoms with van der Waals surface area (Å²) in [5.74, 6) is -1.62. The molecule has 1 aromatic rings. The number of quaternary nitrogens is 1. The van der Waals surface area contributed by atoms with Gasteiger partial charge >= 0.3 is 0 Å². The number of aromatic hydroxyl groups is 1. The van der Waals surface area contributed by atoms with Crippen LogP contribution in [0.4, 0.5) is 0 Å². The number of aliphatic hydroxyl groups is 2. The van der Waals surface area contributed by atoms with Crippen LogP contribution in [0.2, 0.25) is 0 Å². The van der Waals surface area contributed by atoms with E-state index in [0.717, 1.165) is 24.1 Å². The third kappa shape index (κ3) is 17.8. The van der Waals surface area contributed by atoms with E-state index >= 15 is 0 Å². The van der Waals surface area contributed by atoms with Crippen molar-refractivity contribution in [2.75, 3.05) is 39.9 Å². The molecule has 0 saturated carbocycles. The highest BCUT2D eigenvalue weighted by Gasteiger charge is 2.19. The number of phenols is 1. The maximum absolute atomic E-state index is 10.2. The smallest absolute Gasteiger partial charge is 0.124 e. The molecule has 6 heteroatoms. The SMILES string of the molecule is CCCCCCCCCCCCCCCC[N+](C)(CCO)CCO.O=C([O-])c1ccccc1O. The standard InChI is InChI=1S/C21H46NO2.C7H6O3/c1-3-4-5-6-7-8-9-10-11-12-13-14-15-16-17-22(2,18-20-23)19-21-24;8-6-4-2-1-3-5(6)7(9)10/h23-24H,3-21H2,1-2H3;1-4,8H,(H,9,10)/q+1;/p-1. The minimum atomic E-state index is -1.36. The summed E-state index contributed by atoms with van der Waals surface area (Å²) in [6.07, 6.45) is 19.4. The zero-order valence-corrected chi connectivity index (χ0v) is 21.8. The van der Waals surface area contributed by atoms with Crippen molar-refractivity contribution in [3.05, 3.63) is 29.8 Å². The lowest BCUT2D eigenvalue weighted by molar-refractivity contribution is -0.910. The number of carbonyl (C=O) groups is 1. The highest BCUT2D eigenvalue weighted by molar-refractivity contribution is 5.88. The molecule has 0 aliphatic carbocycles. The molecule has 0 atom stereocenters. The largest absolute Gasteiger partial charge is 0.545 e. The van der Waals surface area contributed by atoms with E-state index in [0.29, 0.717) is 0 Å². The Morgan fingerprint density at radius 3 is 1.50 bits per heavy atom. The number of carbonyl (C=O) groups excluding carboxylic acids is 1. The lowest BCUT2D eigenvalue weighted by Gasteiger charge is -2.33. The first-order chi connectivity index (χ1) is 16.4. The van der Waals surface area contributed by atoms with E-state index in [1.165, 1.54) is 108 Å². The zero-order chi connectivity index (χ0) is 25.5. The van der Waals surface area contributed by atoms with Crippen molar-refractivity contribution in [1.29, 1.82) is 0 Å². The first-order valence-electron chi connectivity index (χ1n) is 13.4. The van der Waals surface area contributed by atoms with E-state index < -0.39 is 5.97 Å². The van der Waals surface area contributed by atoms with Crippen LogP contribution in [-0.2, 0) is 0 Å². The van der Waals surface area contributed by atoms with Crippen LogP contribution in [-0.4, -0.2) is 65.7 Å². The van der Waals surface area contributed by atoms with E-state index in [4.69, 9.17) is 15.3 Å². The third-order valence-electron chi connectivity index (χ3n) is 6.46. The maximum Gasteiger partial charge on any atom is 0.124 e. The molecule has 0 spiro atoms. The monoisotopic (exact) mass is 481 g/mol. The number of rotatable bonds is 20. The molecule has 0 fully saturated rings. The van der Waals surface area contributed by atoms with Gasteiger partial charge in [-0.15, -0.1) is 0 Å². The molecule has 1 aromatic carbocycles. The number of para-hydroxylation sites is 1. The van der Waals surface area contributed by atoms with Crippen molar-refractivity contribution in [3.63, 3.8) is 0 Å². The molecule has 0 saturated heterocycles. The van der Waals surface area contributed by atoms with Crippen molar-refractivity contribution in [3.8, 4) is 5.75 Å². The van der Waals surface area contributed by atoms with Crippen molar-refractivity contribution in [2.24, 2.45) is 0 Å². The lowest BCUT2D eigenvalue weighted by Crippen LogP contribution is -2.48. The number of benzene rings is 1. The van der Waals surface area contributed by atoms with Crippen LogP contribution in [0.15, 0.2) is 24.3 Å². The van der Waals surface area contributed by atoms with Gasteiger partial charge in [0.2, 0.25) is 0 Å². The molecule has 0 heterocycles. The fraction of sp³-hybridized carbons (Fsp3) is 0.750. The van der Waals surface area contributed by atoms with E-state index in [-0.39, 0.29) is 24.5 Å². The van der Waals surface area contributed by atoms with E-state index in [1.54, 1.807) is 6.07 Å². The summed E-state index contributed by atoms with van der Waals surface area (Å²) in [5, 5.41) is 37.3. The second kappa shape index (κ2) is 21.9. The highest BCUT2D eigenvalue weighted by atomic mass is 16.4. The van der Waals surface area contributed by atoms with E-state index in [1.807, 2.05) is 0 Å². The number of unbranched alkanes of at least 4 members (excludes halogenated alkanes) is 13. The van der Waals surface area contributed by atoms with Crippen LogP contribution in [0.25, 0.3) is 0 Å². The summed E-state index contributed by atoms with van der Waals surface area (Å²) in [6.45, 7) is 5.32. The summed E-state index contributed by atoms with van der Waals surface area (Å²) in [5.41, 5.74) is -0.178. The number of carboxylic acids is 1. The Morgan fingerprint density at radius 2 is 1.15 bits per heavy atom. The molecule has 0 aliphatic rings. The average molecular weight is 482 g/mol. The van der Waals surface area contributed by atoms with Gasteiger partial charge < -0.3 is 29.7 Å². The summed E-state index contributed by atoms with van der Waals surface area (Å²) < 4.78 is 0.811. The predicted octanol–water partition coefficient (Wildman–Crippen LogP) is 4.65. The molecule has 0 amide bonds. The number of carboxylic acid groups (broad SMARTS) is 1. The van der Waals surface area contributed by atoms with Gasteiger partial charge in [-0.1, -0.05) is 96.1 Å². The second-order valence-electron chi connectivity index (χ2n) is 9.64. The molecule has 0 aliphatic heterocycles. The first-order valence-corrected chi connectivity index (χ1v) is 13.4. The molecule has 6 nitrogen and oxygen atoms in total. The van der Waals surface area contributed by atoms with E-state index in [2.05, 4.69) is 14.0 Å². The Bertz CT molecular complexity index is 602. The zero-order valence-electron chi connectivity index (χ0n) is 21.8. The fourth-order valence-corrected chi connectivity index (χ4v) is 4.15. The third-order valence-corrected chi connectivity index (χ3v) is 6.46. The summed E-state index contributed by atoms with van der Waals surface area (Å²) >= 11 is 0. The van der Waals surface area contributed by atoms with Crippen LogP contribution in [0.5, 0.6) is 5.75 Å². The van der Waals surface area contributed by atoms with Gasteiger partial charge in [0.1, 0.15) is 18.8 Å². The van der Waals surface area contributed by atoms with Gasteiger partial charge in [0, 0.05) is 5.56 Å². The summed E-state index contributed by atoms with van der Waals surface area (Å²) in [4.78, 5) is 10.2. The van der Waals surface area contributed by atoms with Crippen molar-refractivity contribution in [2.45, 2.75) is 96.8 Å². The molecular formula is C28H51NO5. The minimum absolute atomic E-state index is 0.178. The Balaban J connectivity index is 0.000000896. The molecule has 1 rings (SSSR count). The fourth-order valence-electron chi connectivity index (χ4n) is 4.15. The second-order valence-corrected chi connectivity index (χ2v) is 9.64. The minimum Gasteiger partial charge on any atom is -0.545 e. The van der Waals surface area contributed by atoms with Crippen LogP contribution >= 0.6 is 0 Å². The van der Waals surface area contributed by atoms with Gasteiger partial charge in [0.25, 0.3) is 0 Å².